The fourth-order valence-electron chi connectivity index (χ4n) is 2.56. The maximum absolute atomic E-state index is 11.4. The molecule has 0 aromatic heterocycles. The molecule has 1 aromatic rings. The quantitative estimate of drug-likeness (QED) is 0.341. The van der Waals surface area contributed by atoms with Gasteiger partial charge in [-0.1, -0.05) is 0 Å². The van der Waals surface area contributed by atoms with Crippen molar-refractivity contribution in [1.29, 1.82) is 0 Å². The zero-order valence-electron chi connectivity index (χ0n) is 13.9. The lowest BCUT2D eigenvalue weighted by Gasteiger charge is -2.41. The van der Waals surface area contributed by atoms with E-state index >= 15 is 0 Å². The van der Waals surface area contributed by atoms with Crippen LogP contribution in [0.1, 0.15) is 6.92 Å². The summed E-state index contributed by atoms with van der Waals surface area (Å²) in [5.74, 6) is -1.03. The summed E-state index contributed by atoms with van der Waals surface area (Å²) >= 11 is 0. The van der Waals surface area contributed by atoms with Crippen molar-refractivity contribution in [3.05, 3.63) is 38.4 Å². The molecule has 27 heavy (non-hydrogen) atoms. The fraction of sp³-hybridized carbons (Fsp3) is 0.500. The maximum atomic E-state index is 11.4. The Morgan fingerprint density at radius 2 is 1.93 bits per heavy atom. The van der Waals surface area contributed by atoms with Crippen LogP contribution in [0.15, 0.2) is 18.2 Å². The molecular weight excluding hydrogens is 370 g/mol. The van der Waals surface area contributed by atoms with E-state index in [0.717, 1.165) is 19.1 Å². The van der Waals surface area contributed by atoms with Gasteiger partial charge in [-0.25, -0.2) is 0 Å². The Labute approximate surface area is 151 Å². The number of carbonyl (C=O) groups is 1. The van der Waals surface area contributed by atoms with Crippen molar-refractivity contribution >= 4 is 17.3 Å². The Morgan fingerprint density at radius 3 is 2.44 bits per heavy atom. The lowest BCUT2D eigenvalue weighted by atomic mass is 9.97. The van der Waals surface area contributed by atoms with Crippen molar-refractivity contribution in [2.45, 2.75) is 37.6 Å². The summed E-state index contributed by atoms with van der Waals surface area (Å²) in [4.78, 5) is 31.6. The molecule has 13 nitrogen and oxygen atoms in total. The monoisotopic (exact) mass is 387 g/mol. The Bertz CT molecular complexity index is 742. The number of aliphatic hydroxyl groups excluding tert-OH is 3. The SMILES string of the molecule is CC(=O)N[C@H]1[C@H](Oc2ccc([N+](=O)[O-])cc2[N+](=O)[O-])O[C@H](CO)[C@@H](O)[C@@H]1O. The fourth-order valence-corrected chi connectivity index (χ4v) is 2.56. The maximum Gasteiger partial charge on any atom is 0.317 e. The number of benzene rings is 1. The minimum absolute atomic E-state index is 0.425. The van der Waals surface area contributed by atoms with Gasteiger partial charge in [0.1, 0.15) is 24.4 Å². The highest BCUT2D eigenvalue weighted by atomic mass is 16.7. The van der Waals surface area contributed by atoms with Crippen molar-refractivity contribution < 1.29 is 39.4 Å². The zero-order valence-corrected chi connectivity index (χ0v) is 13.9. The number of rotatable bonds is 6. The highest BCUT2D eigenvalue weighted by Gasteiger charge is 2.46. The summed E-state index contributed by atoms with van der Waals surface area (Å²) in [6.07, 6.45) is -5.97. The Kier molecular flexibility index (Phi) is 6.22. The van der Waals surface area contributed by atoms with Gasteiger partial charge in [-0.2, -0.15) is 0 Å². The average molecular weight is 387 g/mol. The van der Waals surface area contributed by atoms with E-state index in [1.165, 1.54) is 0 Å². The average Bonchev–Trinajstić information content (AvgIpc) is 2.60. The van der Waals surface area contributed by atoms with E-state index in [4.69, 9.17) is 9.47 Å². The summed E-state index contributed by atoms with van der Waals surface area (Å²) < 4.78 is 10.7. The molecule has 2 rings (SSSR count). The molecule has 0 aliphatic carbocycles. The van der Waals surface area contributed by atoms with Gasteiger partial charge < -0.3 is 30.1 Å². The largest absolute Gasteiger partial charge is 0.455 e. The van der Waals surface area contributed by atoms with Crippen LogP contribution in [-0.4, -0.2) is 68.3 Å². The van der Waals surface area contributed by atoms with E-state index in [9.17, 15) is 40.3 Å². The van der Waals surface area contributed by atoms with Gasteiger partial charge in [0.25, 0.3) is 5.69 Å². The van der Waals surface area contributed by atoms with E-state index in [2.05, 4.69) is 5.32 Å². The molecule has 0 bridgehead atoms. The molecule has 1 amide bonds. The molecule has 1 aliphatic heterocycles. The summed E-state index contributed by atoms with van der Waals surface area (Å²) in [5, 5.41) is 53.6. The van der Waals surface area contributed by atoms with Crippen molar-refractivity contribution in [3.63, 3.8) is 0 Å². The topological polar surface area (TPSA) is 195 Å². The van der Waals surface area contributed by atoms with Crippen molar-refractivity contribution in [3.8, 4) is 5.75 Å². The molecule has 5 atom stereocenters. The highest BCUT2D eigenvalue weighted by Crippen LogP contribution is 2.33. The molecule has 0 spiro atoms. The molecule has 4 N–H and O–H groups in total. The van der Waals surface area contributed by atoms with Gasteiger partial charge in [0, 0.05) is 13.0 Å². The number of ether oxygens (including phenoxy) is 2. The van der Waals surface area contributed by atoms with Crippen LogP contribution in [0.2, 0.25) is 0 Å². The van der Waals surface area contributed by atoms with E-state index in [0.29, 0.717) is 6.07 Å². The third kappa shape index (κ3) is 4.46. The van der Waals surface area contributed by atoms with Gasteiger partial charge in [-0.3, -0.25) is 25.0 Å². The second-order valence-electron chi connectivity index (χ2n) is 5.72. The Morgan fingerprint density at radius 1 is 1.26 bits per heavy atom. The highest BCUT2D eigenvalue weighted by molar-refractivity contribution is 5.73. The van der Waals surface area contributed by atoms with E-state index in [-0.39, 0.29) is 0 Å². The van der Waals surface area contributed by atoms with Gasteiger partial charge in [0.05, 0.1) is 22.5 Å². The van der Waals surface area contributed by atoms with E-state index < -0.39 is 70.1 Å². The molecule has 13 heteroatoms. The number of nitro benzene ring substituents is 2. The number of amides is 1. The normalized spacial score (nSPS) is 27.6. The number of nitrogens with one attached hydrogen (secondary N) is 1. The standard InChI is InChI=1S/C14H17N3O10/c1-6(19)15-11-13(21)12(20)10(5-18)27-14(11)26-9-3-2-7(16(22)23)4-8(9)17(24)25/h2-4,10-14,18,20-21H,5H2,1H3,(H,15,19)/t10-,11-,12-,13-,14-/m1/s1. The molecule has 0 saturated carbocycles. The lowest BCUT2D eigenvalue weighted by Crippen LogP contribution is -2.65. The third-order valence-electron chi connectivity index (χ3n) is 3.84. The summed E-state index contributed by atoms with van der Waals surface area (Å²) in [6, 6.07) is 1.29. The van der Waals surface area contributed by atoms with Crippen molar-refractivity contribution in [1.82, 2.24) is 5.32 Å². The number of hydrogen-bond donors (Lipinski definition) is 4. The lowest BCUT2D eigenvalue weighted by molar-refractivity contribution is -0.395. The number of hydrogen-bond acceptors (Lipinski definition) is 10. The number of aliphatic hydroxyl groups is 3. The molecular formula is C14H17N3O10. The van der Waals surface area contributed by atoms with Crippen LogP contribution in [-0.2, 0) is 9.53 Å². The number of non-ortho nitro benzene ring substituents is 1. The second kappa shape index (κ2) is 8.22. The molecule has 1 aliphatic rings. The van der Waals surface area contributed by atoms with Gasteiger partial charge in [0.2, 0.25) is 17.9 Å². The zero-order chi connectivity index (χ0) is 20.3. The number of nitro groups is 2. The minimum Gasteiger partial charge on any atom is -0.455 e. The molecule has 0 radical (unpaired) electrons. The molecule has 1 heterocycles. The number of nitrogens with zero attached hydrogens (tertiary/aromatic N) is 2. The van der Waals surface area contributed by atoms with Gasteiger partial charge in [0.15, 0.2) is 0 Å². The van der Waals surface area contributed by atoms with Crippen LogP contribution in [0.3, 0.4) is 0 Å². The molecule has 1 fully saturated rings. The number of carbonyl (C=O) groups excluding carboxylic acids is 1. The van der Waals surface area contributed by atoms with Crippen molar-refractivity contribution in [2.24, 2.45) is 0 Å². The van der Waals surface area contributed by atoms with Crippen LogP contribution < -0.4 is 10.1 Å². The Balaban J connectivity index is 2.37. The van der Waals surface area contributed by atoms with Crippen LogP contribution in [0, 0.1) is 20.2 Å². The summed E-state index contributed by atoms with van der Waals surface area (Å²) in [6.45, 7) is 0.426. The van der Waals surface area contributed by atoms with Crippen molar-refractivity contribution in [2.75, 3.05) is 6.61 Å². The predicted octanol–water partition coefficient (Wildman–Crippen LogP) is -1.17. The smallest absolute Gasteiger partial charge is 0.317 e. The summed E-state index contributed by atoms with van der Waals surface area (Å²) in [7, 11) is 0. The van der Waals surface area contributed by atoms with Gasteiger partial charge in [-0.05, 0) is 6.07 Å². The minimum atomic E-state index is -1.61. The van der Waals surface area contributed by atoms with Crippen LogP contribution in [0.25, 0.3) is 0 Å². The molecule has 148 valence electrons. The van der Waals surface area contributed by atoms with Gasteiger partial charge in [-0.15, -0.1) is 0 Å². The molecule has 0 unspecified atom stereocenters. The first-order valence-electron chi connectivity index (χ1n) is 7.64. The predicted molar refractivity (Wildman–Crippen MR) is 85.7 cm³/mol. The first-order chi connectivity index (χ1) is 12.6. The first-order valence-corrected chi connectivity index (χ1v) is 7.64. The molecule has 1 aromatic carbocycles. The van der Waals surface area contributed by atoms with Gasteiger partial charge >= 0.3 is 5.69 Å². The van der Waals surface area contributed by atoms with E-state index in [1.807, 2.05) is 0 Å². The van der Waals surface area contributed by atoms with Crippen LogP contribution in [0.5, 0.6) is 5.75 Å². The van der Waals surface area contributed by atoms with Crippen LogP contribution in [0.4, 0.5) is 11.4 Å². The molecule has 1 saturated heterocycles. The first kappa shape index (κ1) is 20.4. The van der Waals surface area contributed by atoms with E-state index in [1.54, 1.807) is 0 Å². The Hall–Kier alpha value is -2.87. The summed E-state index contributed by atoms with van der Waals surface area (Å²) in [5.41, 5.74) is -1.28. The van der Waals surface area contributed by atoms with Crippen LogP contribution >= 0.6 is 0 Å². The second-order valence-corrected chi connectivity index (χ2v) is 5.72. The third-order valence-corrected chi connectivity index (χ3v) is 3.84.